The molecular weight excluding hydrogens is 180 g/mol. The maximum atomic E-state index is 7.57. The minimum Gasteiger partial charge on any atom is -0.418 e. The molecule has 0 saturated heterocycles. The van der Waals surface area contributed by atoms with Gasteiger partial charge in [0.2, 0.25) is 0 Å². The first-order valence-electron chi connectivity index (χ1n) is 3.72. The Labute approximate surface area is 77.5 Å². The Bertz CT molecular complexity index is 64.0. The third-order valence-corrected chi connectivity index (χ3v) is 1.73. The van der Waals surface area contributed by atoms with Gasteiger partial charge in [-0.3, -0.25) is 0 Å². The van der Waals surface area contributed by atoms with E-state index in [2.05, 4.69) is 19.6 Å². The predicted molar refractivity (Wildman–Crippen MR) is 55.0 cm³/mol. The summed E-state index contributed by atoms with van der Waals surface area (Å²) in [6.07, 6.45) is 0. The zero-order valence-corrected chi connectivity index (χ0v) is 9.99. The second kappa shape index (κ2) is 10.4. The summed E-state index contributed by atoms with van der Waals surface area (Å²) >= 11 is 0. The summed E-state index contributed by atoms with van der Waals surface area (Å²) in [5.41, 5.74) is 0. The highest BCUT2D eigenvalue weighted by molar-refractivity contribution is 6.69. The van der Waals surface area contributed by atoms with E-state index in [4.69, 9.17) is 9.53 Å². The average Bonchev–Trinajstić information content (AvgIpc) is 1.63. The summed E-state index contributed by atoms with van der Waals surface area (Å²) in [6, 6.07) is 0. The maximum Gasteiger partial charge on any atom is 0.183 e. The number of rotatable bonds is 2. The molecule has 0 amide bonds. The van der Waals surface area contributed by atoms with Crippen molar-refractivity contribution in [2.45, 2.75) is 33.5 Å². The Morgan fingerprint density at radius 1 is 1.18 bits per heavy atom. The van der Waals surface area contributed by atoms with E-state index >= 15 is 0 Å². The van der Waals surface area contributed by atoms with E-state index in [1.807, 2.05) is 6.92 Å². The van der Waals surface area contributed by atoms with E-state index in [0.717, 1.165) is 6.61 Å². The zero-order valence-electron chi connectivity index (χ0n) is 8.18. The predicted octanol–water partition coefficient (Wildman–Crippen LogP) is 2.28. The van der Waals surface area contributed by atoms with Crippen molar-refractivity contribution >= 4 is 20.7 Å². The number of hydrogen-bond acceptors (Lipinski definition) is 2. The maximum absolute atomic E-state index is 7.57. The number of aliphatic hydroxyl groups excluding tert-OH is 1. The van der Waals surface area contributed by atoms with Crippen molar-refractivity contribution in [3.63, 3.8) is 0 Å². The van der Waals surface area contributed by atoms with E-state index in [9.17, 15) is 0 Å². The van der Waals surface area contributed by atoms with Crippen LogP contribution in [0.1, 0.15) is 13.8 Å². The van der Waals surface area contributed by atoms with Crippen molar-refractivity contribution in [2.24, 2.45) is 0 Å². The summed E-state index contributed by atoms with van der Waals surface area (Å²) in [6.45, 7) is 11.4. The van der Waals surface area contributed by atoms with Gasteiger partial charge in [0.1, 0.15) is 0 Å². The fourth-order valence-electron chi connectivity index (χ4n) is 0.433. The van der Waals surface area contributed by atoms with Crippen LogP contribution in [0.15, 0.2) is 0 Å². The van der Waals surface area contributed by atoms with Gasteiger partial charge >= 0.3 is 0 Å². The summed E-state index contributed by atoms with van der Waals surface area (Å²) in [5, 5.41) is 7.57. The summed E-state index contributed by atoms with van der Waals surface area (Å²) in [4.78, 5) is 0. The van der Waals surface area contributed by atoms with Crippen molar-refractivity contribution < 1.29 is 9.53 Å². The summed E-state index contributed by atoms with van der Waals surface area (Å²) < 4.78 is 5.37. The molecule has 11 heavy (non-hydrogen) atoms. The fraction of sp³-hybridized carbons (Fsp3) is 1.00. The Hall–Kier alpha value is 0.427. The lowest BCUT2D eigenvalue weighted by atomic mass is 10.9. The zero-order chi connectivity index (χ0) is 8.62. The normalized spacial score (nSPS) is 9.27. The van der Waals surface area contributed by atoms with E-state index in [-0.39, 0.29) is 19.0 Å². The molecule has 4 heteroatoms. The van der Waals surface area contributed by atoms with Crippen LogP contribution in [0.3, 0.4) is 0 Å². The van der Waals surface area contributed by atoms with E-state index < -0.39 is 8.32 Å². The van der Waals surface area contributed by atoms with Crippen LogP contribution in [0.5, 0.6) is 0 Å². The lowest BCUT2D eigenvalue weighted by Gasteiger charge is -2.14. The van der Waals surface area contributed by atoms with Crippen LogP contribution < -0.4 is 0 Å². The van der Waals surface area contributed by atoms with Gasteiger partial charge in [-0.05, 0) is 33.5 Å². The van der Waals surface area contributed by atoms with Gasteiger partial charge in [0.05, 0.1) is 0 Å². The molecule has 0 bridgehead atoms. The Morgan fingerprint density at radius 3 is 1.45 bits per heavy atom. The Kier molecular flexibility index (Phi) is 16.6. The molecule has 0 saturated carbocycles. The topological polar surface area (TPSA) is 29.5 Å². The highest BCUT2D eigenvalue weighted by atomic mass is 35.5. The monoisotopic (exact) mass is 200 g/mol. The molecule has 0 aliphatic carbocycles. The molecule has 0 atom stereocenters. The number of aliphatic hydroxyl groups is 1. The molecular formula is C7H21ClO2Si. The number of hydrogen-bond donors (Lipinski definition) is 1. The molecule has 0 spiro atoms. The van der Waals surface area contributed by atoms with Crippen molar-refractivity contribution in [2.75, 3.05) is 13.2 Å². The highest BCUT2D eigenvalue weighted by Crippen LogP contribution is 2.00. The lowest BCUT2D eigenvalue weighted by Crippen LogP contribution is -2.24. The smallest absolute Gasteiger partial charge is 0.183 e. The second-order valence-electron chi connectivity index (χ2n) is 2.86. The van der Waals surface area contributed by atoms with Crippen LogP contribution >= 0.6 is 12.4 Å². The first-order chi connectivity index (χ1) is 4.47. The molecule has 0 fully saturated rings. The molecule has 0 aromatic carbocycles. The molecule has 72 valence electrons. The van der Waals surface area contributed by atoms with Crippen LogP contribution in [0.4, 0.5) is 0 Å². The van der Waals surface area contributed by atoms with Crippen molar-refractivity contribution in [1.29, 1.82) is 0 Å². The molecule has 0 rings (SSSR count). The van der Waals surface area contributed by atoms with Crippen molar-refractivity contribution in [3.05, 3.63) is 0 Å². The van der Waals surface area contributed by atoms with Crippen LogP contribution in [0.2, 0.25) is 19.6 Å². The third kappa shape index (κ3) is 37.8. The molecule has 2 nitrogen and oxygen atoms in total. The van der Waals surface area contributed by atoms with Crippen LogP contribution in [0.25, 0.3) is 0 Å². The quantitative estimate of drug-likeness (QED) is 0.694. The van der Waals surface area contributed by atoms with Gasteiger partial charge in [0.25, 0.3) is 0 Å². The van der Waals surface area contributed by atoms with Crippen molar-refractivity contribution in [1.82, 2.24) is 0 Å². The van der Waals surface area contributed by atoms with E-state index in [1.165, 1.54) is 0 Å². The van der Waals surface area contributed by atoms with Crippen LogP contribution in [-0.4, -0.2) is 26.6 Å². The van der Waals surface area contributed by atoms with Gasteiger partial charge in [-0.1, -0.05) is 0 Å². The average molecular weight is 201 g/mol. The largest absolute Gasteiger partial charge is 0.418 e. The highest BCUT2D eigenvalue weighted by Gasteiger charge is 2.11. The first-order valence-corrected chi connectivity index (χ1v) is 7.13. The lowest BCUT2D eigenvalue weighted by molar-refractivity contribution is 0.318. The second-order valence-corrected chi connectivity index (χ2v) is 7.38. The molecule has 0 unspecified atom stereocenters. The molecule has 1 N–H and O–H groups in total. The van der Waals surface area contributed by atoms with E-state index in [1.54, 1.807) is 6.92 Å². The fourth-order valence-corrected chi connectivity index (χ4v) is 1.30. The van der Waals surface area contributed by atoms with Gasteiger partial charge in [-0.15, -0.1) is 12.4 Å². The molecule has 0 heterocycles. The van der Waals surface area contributed by atoms with Gasteiger partial charge in [0, 0.05) is 13.2 Å². The van der Waals surface area contributed by atoms with Gasteiger partial charge in [-0.25, -0.2) is 0 Å². The van der Waals surface area contributed by atoms with Crippen LogP contribution in [-0.2, 0) is 4.43 Å². The molecule has 0 aliphatic heterocycles. The third-order valence-electron chi connectivity index (χ3n) is 0.577. The minimum absolute atomic E-state index is 0. The number of halogens is 1. The van der Waals surface area contributed by atoms with Crippen LogP contribution in [0, 0.1) is 0 Å². The Morgan fingerprint density at radius 2 is 1.45 bits per heavy atom. The van der Waals surface area contributed by atoms with Gasteiger partial charge < -0.3 is 9.53 Å². The molecule has 0 radical (unpaired) electrons. The molecule has 0 aromatic rings. The summed E-state index contributed by atoms with van der Waals surface area (Å²) in [7, 11) is -1.16. The van der Waals surface area contributed by atoms with Gasteiger partial charge in [0.15, 0.2) is 8.32 Å². The van der Waals surface area contributed by atoms with Crippen molar-refractivity contribution in [3.8, 4) is 0 Å². The summed E-state index contributed by atoms with van der Waals surface area (Å²) in [5.74, 6) is 0. The molecule has 0 aliphatic rings. The minimum atomic E-state index is -1.16. The van der Waals surface area contributed by atoms with E-state index in [0.29, 0.717) is 0 Å². The first kappa shape index (κ1) is 17.5. The SMILES string of the molecule is CCO.CCO[Si](C)(C)C.Cl. The van der Waals surface area contributed by atoms with Gasteiger partial charge in [-0.2, -0.15) is 0 Å². The standard InChI is InChI=1S/C5H14OSi.C2H6O.ClH/c1-5-6-7(2,3)4;1-2-3;/h5H2,1-4H3;3H,2H2,1H3;1H. The molecule has 0 aromatic heterocycles. The Balaban J connectivity index is -0.000000140.